The van der Waals surface area contributed by atoms with Crippen LogP contribution in [0.3, 0.4) is 0 Å². The van der Waals surface area contributed by atoms with Gasteiger partial charge in [0.15, 0.2) is 6.10 Å². The summed E-state index contributed by atoms with van der Waals surface area (Å²) in [5, 5.41) is 0. The average molecular weight is 574 g/mol. The van der Waals surface area contributed by atoms with Gasteiger partial charge in [0, 0.05) is 18.4 Å². The molecule has 2 bridgehead atoms. The molecule has 4 nitrogen and oxygen atoms in total. The first-order valence-corrected chi connectivity index (χ1v) is 12.2. The summed E-state index contributed by atoms with van der Waals surface area (Å²) in [4.78, 5) is 26.5. The number of hydrogen-bond donors (Lipinski definition) is 0. The lowest BCUT2D eigenvalue weighted by molar-refractivity contribution is -0.938. The van der Waals surface area contributed by atoms with Gasteiger partial charge in [-0.2, -0.15) is 0 Å². The van der Waals surface area contributed by atoms with Gasteiger partial charge in [-0.05, 0) is 65.6 Å². The van der Waals surface area contributed by atoms with Crippen LogP contribution >= 0.6 is 0 Å². The second-order valence-electron chi connectivity index (χ2n) is 9.93. The first kappa shape index (κ1) is 27.1. The van der Waals surface area contributed by atoms with Crippen LogP contribution in [0.4, 0.5) is 13.2 Å². The fourth-order valence-corrected chi connectivity index (χ4v) is 5.68. The van der Waals surface area contributed by atoms with Gasteiger partial charge in [-0.3, -0.25) is 9.59 Å². The van der Waals surface area contributed by atoms with E-state index in [9.17, 15) is 22.8 Å². The molecule has 0 amide bonds. The predicted molar refractivity (Wildman–Crippen MR) is 127 cm³/mol. The maximum Gasteiger partial charge on any atom is 0.315 e. The minimum Gasteiger partial charge on any atom is -1.00 e. The molecule has 0 N–H and O–H groups in total. The number of carbonyl (C=O) groups excluding carboxylic acids is 2. The molecule has 1 unspecified atom stereocenters. The fourth-order valence-electron chi connectivity index (χ4n) is 5.68. The zero-order valence-electron chi connectivity index (χ0n) is 20.1. The summed E-state index contributed by atoms with van der Waals surface area (Å²) in [5.41, 5.74) is 1.30. The van der Waals surface area contributed by atoms with E-state index in [1.165, 1.54) is 60.7 Å². The average Bonchev–Trinajstić information content (AvgIpc) is 2.88. The van der Waals surface area contributed by atoms with E-state index in [0.29, 0.717) is 27.7 Å². The summed E-state index contributed by atoms with van der Waals surface area (Å²) in [7, 11) is 0. The van der Waals surface area contributed by atoms with Crippen molar-refractivity contribution in [2.45, 2.75) is 18.9 Å². The Morgan fingerprint density at radius 2 is 1.41 bits per heavy atom. The molecule has 37 heavy (non-hydrogen) atoms. The Bertz CT molecular complexity index is 1230. The van der Waals surface area contributed by atoms with E-state index in [2.05, 4.69) is 0 Å². The third-order valence-corrected chi connectivity index (χ3v) is 7.59. The van der Waals surface area contributed by atoms with Crippen molar-refractivity contribution < 1.29 is 49.0 Å². The van der Waals surface area contributed by atoms with Gasteiger partial charge in [-0.15, -0.1) is 0 Å². The predicted octanol–water partition coefficient (Wildman–Crippen LogP) is 2.48. The minimum atomic E-state index is -0.950. The van der Waals surface area contributed by atoms with E-state index in [1.807, 2.05) is 0 Å². The molecule has 3 aliphatic rings. The molecular formula is C29H27BrF3NO3. The first-order valence-electron chi connectivity index (χ1n) is 12.2. The van der Waals surface area contributed by atoms with Gasteiger partial charge in [-0.25, -0.2) is 13.2 Å². The molecule has 0 aromatic heterocycles. The molecule has 3 aromatic rings. The summed E-state index contributed by atoms with van der Waals surface area (Å²) in [6, 6.07) is 17.0. The van der Waals surface area contributed by atoms with Crippen LogP contribution in [0.25, 0.3) is 0 Å². The minimum absolute atomic E-state index is 0. The lowest BCUT2D eigenvalue weighted by atomic mass is 9.76. The van der Waals surface area contributed by atoms with E-state index in [0.717, 1.165) is 25.9 Å². The number of halogens is 4. The van der Waals surface area contributed by atoms with Crippen molar-refractivity contribution in [1.82, 2.24) is 0 Å². The van der Waals surface area contributed by atoms with E-state index in [1.54, 1.807) is 12.1 Å². The van der Waals surface area contributed by atoms with Crippen molar-refractivity contribution in [1.29, 1.82) is 0 Å². The smallest absolute Gasteiger partial charge is 0.315 e. The molecule has 0 radical (unpaired) electrons. The molecule has 3 aromatic carbocycles. The van der Waals surface area contributed by atoms with Crippen LogP contribution in [-0.4, -0.2) is 42.4 Å². The Labute approximate surface area is 224 Å². The molecule has 3 saturated heterocycles. The van der Waals surface area contributed by atoms with Crippen LogP contribution in [0.15, 0.2) is 72.8 Å². The summed E-state index contributed by atoms with van der Waals surface area (Å²) in [6.07, 6.45) is 0.635. The Balaban J connectivity index is 0.00000320. The van der Waals surface area contributed by atoms with Gasteiger partial charge in [0.05, 0.1) is 19.6 Å². The van der Waals surface area contributed by atoms with Gasteiger partial charge < -0.3 is 26.2 Å². The maximum atomic E-state index is 14.0. The molecule has 3 aliphatic heterocycles. The SMILES string of the molecule is O=C(C[N+]12CCC(CC1)C(C(=O)OC(c1cccc(F)c1)c1cccc(F)c1)C2)c1ccc(F)cc1.[Br-]. The van der Waals surface area contributed by atoms with Crippen LogP contribution in [0, 0.1) is 29.3 Å². The Hall–Kier alpha value is -2.97. The summed E-state index contributed by atoms with van der Waals surface area (Å²) >= 11 is 0. The number of piperidine rings is 3. The molecule has 0 spiro atoms. The second kappa shape index (κ2) is 11.2. The number of esters is 1. The topological polar surface area (TPSA) is 43.4 Å². The quantitative estimate of drug-likeness (QED) is 0.248. The van der Waals surface area contributed by atoms with Crippen LogP contribution < -0.4 is 17.0 Å². The van der Waals surface area contributed by atoms with Gasteiger partial charge in [-0.1, -0.05) is 24.3 Å². The second-order valence-corrected chi connectivity index (χ2v) is 9.93. The summed E-state index contributed by atoms with van der Waals surface area (Å²) in [5.74, 6) is -2.13. The summed E-state index contributed by atoms with van der Waals surface area (Å²) in [6.45, 7) is 2.28. The van der Waals surface area contributed by atoms with E-state index < -0.39 is 35.4 Å². The number of hydrogen-bond acceptors (Lipinski definition) is 3. The zero-order valence-corrected chi connectivity index (χ0v) is 21.7. The van der Waals surface area contributed by atoms with E-state index in [4.69, 9.17) is 4.74 Å². The number of ether oxygens (including phenoxy) is 1. The van der Waals surface area contributed by atoms with Gasteiger partial charge in [0.25, 0.3) is 0 Å². The van der Waals surface area contributed by atoms with Crippen molar-refractivity contribution >= 4 is 11.8 Å². The number of quaternary nitrogens is 1. The highest BCUT2D eigenvalue weighted by atomic mass is 79.9. The number of ketones is 1. The van der Waals surface area contributed by atoms with Crippen molar-refractivity contribution in [3.05, 3.63) is 107 Å². The number of rotatable bonds is 7. The lowest BCUT2D eigenvalue weighted by Gasteiger charge is -2.51. The van der Waals surface area contributed by atoms with Crippen molar-refractivity contribution in [2.75, 3.05) is 26.2 Å². The van der Waals surface area contributed by atoms with Crippen LogP contribution in [0.2, 0.25) is 0 Å². The molecule has 194 valence electrons. The third kappa shape index (κ3) is 5.96. The van der Waals surface area contributed by atoms with Gasteiger partial charge in [0.1, 0.15) is 29.9 Å². The highest BCUT2D eigenvalue weighted by molar-refractivity contribution is 5.97. The van der Waals surface area contributed by atoms with Gasteiger partial charge >= 0.3 is 5.97 Å². The number of benzene rings is 3. The number of nitrogens with zero attached hydrogens (tertiary/aromatic N) is 1. The molecule has 1 atom stereocenters. The highest BCUT2D eigenvalue weighted by Gasteiger charge is 2.50. The number of fused-ring (bicyclic) bond motifs is 3. The van der Waals surface area contributed by atoms with Crippen LogP contribution in [-0.2, 0) is 9.53 Å². The first-order chi connectivity index (χ1) is 17.3. The van der Waals surface area contributed by atoms with Crippen LogP contribution in [0.1, 0.15) is 40.4 Å². The number of carbonyl (C=O) groups is 2. The van der Waals surface area contributed by atoms with Crippen molar-refractivity contribution in [2.24, 2.45) is 11.8 Å². The van der Waals surface area contributed by atoms with Crippen molar-refractivity contribution in [3.63, 3.8) is 0 Å². The Morgan fingerprint density at radius 1 is 0.838 bits per heavy atom. The molecule has 6 rings (SSSR count). The Morgan fingerprint density at radius 3 is 1.95 bits per heavy atom. The molecule has 3 fully saturated rings. The highest BCUT2D eigenvalue weighted by Crippen LogP contribution is 2.40. The molecule has 0 aliphatic carbocycles. The zero-order chi connectivity index (χ0) is 25.3. The normalized spacial score (nSPS) is 22.4. The molecule has 0 saturated carbocycles. The fraction of sp³-hybridized carbons (Fsp3) is 0.310. The monoisotopic (exact) mass is 573 g/mol. The van der Waals surface area contributed by atoms with Crippen molar-refractivity contribution in [3.8, 4) is 0 Å². The largest absolute Gasteiger partial charge is 1.00 e. The van der Waals surface area contributed by atoms with E-state index in [-0.39, 0.29) is 35.2 Å². The lowest BCUT2D eigenvalue weighted by Crippen LogP contribution is -3.00. The maximum absolute atomic E-state index is 14.0. The van der Waals surface area contributed by atoms with Crippen LogP contribution in [0.5, 0.6) is 0 Å². The summed E-state index contributed by atoms with van der Waals surface area (Å²) < 4.78 is 47.7. The van der Waals surface area contributed by atoms with Gasteiger partial charge in [0.2, 0.25) is 5.78 Å². The third-order valence-electron chi connectivity index (χ3n) is 7.59. The standard InChI is InChI=1S/C29H27F3NO3.BrH/c30-23-9-7-20(8-10-23)27(34)18-33-13-11-19(12-14-33)26(17-33)29(35)36-28(21-3-1-5-24(31)15-21)22-4-2-6-25(32)16-22;/h1-10,15-16,19,26,28H,11-14,17-18H2;1H/q+1;/p-1. The number of Topliss-reactive ketones (excluding diaryl/α,β-unsaturated/α-hetero) is 1. The molecular weight excluding hydrogens is 547 g/mol. The Kier molecular flexibility index (Phi) is 8.19. The van der Waals surface area contributed by atoms with E-state index >= 15 is 0 Å². The molecule has 8 heteroatoms. The molecule has 3 heterocycles.